The van der Waals surface area contributed by atoms with E-state index < -0.39 is 0 Å². The minimum atomic E-state index is 0.842. The second-order valence-corrected chi connectivity index (χ2v) is 5.97. The van der Waals surface area contributed by atoms with E-state index >= 15 is 0 Å². The molecule has 1 aromatic rings. The van der Waals surface area contributed by atoms with E-state index in [-0.39, 0.29) is 0 Å². The van der Waals surface area contributed by atoms with Crippen LogP contribution in [0, 0.1) is 11.8 Å². The summed E-state index contributed by atoms with van der Waals surface area (Å²) >= 11 is 0. The highest BCUT2D eigenvalue weighted by Gasteiger charge is 2.30. The van der Waals surface area contributed by atoms with Crippen molar-refractivity contribution in [1.29, 1.82) is 0 Å². The zero-order chi connectivity index (χ0) is 13.1. The highest BCUT2D eigenvalue weighted by atomic mass is 15.1. The SMILES string of the molecule is CNc1cnc(CN2CCC3CCCCC3C2)cn1. The highest BCUT2D eigenvalue weighted by molar-refractivity contribution is 5.29. The number of rotatable bonds is 3. The van der Waals surface area contributed by atoms with Crippen LogP contribution in [0.4, 0.5) is 5.82 Å². The van der Waals surface area contributed by atoms with Crippen molar-refractivity contribution in [3.05, 3.63) is 18.1 Å². The molecule has 1 saturated heterocycles. The molecule has 2 atom stereocenters. The smallest absolute Gasteiger partial charge is 0.144 e. The third kappa shape index (κ3) is 3.06. The van der Waals surface area contributed by atoms with Crippen molar-refractivity contribution < 1.29 is 0 Å². The molecule has 0 aromatic carbocycles. The maximum absolute atomic E-state index is 4.48. The highest BCUT2D eigenvalue weighted by Crippen LogP contribution is 2.36. The molecule has 4 nitrogen and oxygen atoms in total. The molecule has 2 unspecified atom stereocenters. The second kappa shape index (κ2) is 5.87. The Morgan fingerprint density at radius 3 is 2.74 bits per heavy atom. The lowest BCUT2D eigenvalue weighted by Crippen LogP contribution is -2.41. The van der Waals surface area contributed by atoms with Crippen molar-refractivity contribution in [3.63, 3.8) is 0 Å². The van der Waals surface area contributed by atoms with Gasteiger partial charge in [0.15, 0.2) is 0 Å². The number of nitrogens with one attached hydrogen (secondary N) is 1. The molecule has 0 bridgehead atoms. The Bertz CT molecular complexity index is 403. The summed E-state index contributed by atoms with van der Waals surface area (Å²) in [4.78, 5) is 11.4. The Morgan fingerprint density at radius 1 is 1.16 bits per heavy atom. The van der Waals surface area contributed by atoms with Crippen LogP contribution in [0.3, 0.4) is 0 Å². The van der Waals surface area contributed by atoms with Crippen LogP contribution in [-0.4, -0.2) is 35.0 Å². The van der Waals surface area contributed by atoms with Gasteiger partial charge in [-0.3, -0.25) is 9.88 Å². The Balaban J connectivity index is 1.57. The van der Waals surface area contributed by atoms with Gasteiger partial charge in [-0.2, -0.15) is 0 Å². The fourth-order valence-corrected chi connectivity index (χ4v) is 3.61. The van der Waals surface area contributed by atoms with E-state index in [1.54, 1.807) is 0 Å². The first-order valence-electron chi connectivity index (χ1n) is 7.56. The Morgan fingerprint density at radius 2 is 2.00 bits per heavy atom. The van der Waals surface area contributed by atoms with Crippen LogP contribution in [0.2, 0.25) is 0 Å². The zero-order valence-electron chi connectivity index (χ0n) is 11.8. The molecule has 0 radical (unpaired) electrons. The normalized spacial score (nSPS) is 27.8. The molecule has 1 N–H and O–H groups in total. The van der Waals surface area contributed by atoms with Crippen molar-refractivity contribution in [1.82, 2.24) is 14.9 Å². The zero-order valence-corrected chi connectivity index (χ0v) is 11.8. The summed E-state index contributed by atoms with van der Waals surface area (Å²) in [5.74, 6) is 2.78. The van der Waals surface area contributed by atoms with E-state index in [4.69, 9.17) is 0 Å². The Labute approximate surface area is 115 Å². The number of hydrogen-bond acceptors (Lipinski definition) is 4. The van der Waals surface area contributed by atoms with E-state index in [9.17, 15) is 0 Å². The third-order valence-electron chi connectivity index (χ3n) is 4.72. The average molecular weight is 260 g/mol. The first-order chi connectivity index (χ1) is 9.35. The number of aromatic nitrogens is 2. The average Bonchev–Trinajstić information content (AvgIpc) is 2.48. The van der Waals surface area contributed by atoms with Crippen LogP contribution in [0.1, 0.15) is 37.8 Å². The van der Waals surface area contributed by atoms with Gasteiger partial charge in [0.2, 0.25) is 0 Å². The second-order valence-electron chi connectivity index (χ2n) is 5.97. The van der Waals surface area contributed by atoms with Crippen LogP contribution in [0.15, 0.2) is 12.4 Å². The largest absolute Gasteiger partial charge is 0.372 e. The first kappa shape index (κ1) is 12.9. The van der Waals surface area contributed by atoms with Crippen molar-refractivity contribution in [2.24, 2.45) is 11.8 Å². The van der Waals surface area contributed by atoms with Gasteiger partial charge in [0, 0.05) is 20.1 Å². The lowest BCUT2D eigenvalue weighted by molar-refractivity contribution is 0.0811. The van der Waals surface area contributed by atoms with Crippen molar-refractivity contribution in [3.8, 4) is 0 Å². The Kier molecular flexibility index (Phi) is 3.97. The number of likely N-dealkylation sites (tertiary alicyclic amines) is 1. The maximum Gasteiger partial charge on any atom is 0.144 e. The molecule has 2 heterocycles. The summed E-state index contributed by atoms with van der Waals surface area (Å²) in [6, 6.07) is 0. The monoisotopic (exact) mass is 260 g/mol. The van der Waals surface area contributed by atoms with Crippen molar-refractivity contribution in [2.75, 3.05) is 25.5 Å². The standard InChI is InChI=1S/C15H24N4/c1-16-15-9-17-14(8-18-15)11-19-7-6-12-4-2-3-5-13(12)10-19/h8-9,12-13H,2-7,10-11H2,1H3,(H,16,18). The fraction of sp³-hybridized carbons (Fsp3) is 0.733. The molecule has 4 heteroatoms. The molecule has 1 aromatic heterocycles. The van der Waals surface area contributed by atoms with Gasteiger partial charge in [-0.1, -0.05) is 19.3 Å². The van der Waals surface area contributed by atoms with E-state index in [1.807, 2.05) is 19.4 Å². The van der Waals surface area contributed by atoms with Crippen LogP contribution < -0.4 is 5.32 Å². The van der Waals surface area contributed by atoms with Gasteiger partial charge >= 0.3 is 0 Å². The van der Waals surface area contributed by atoms with Gasteiger partial charge in [-0.05, 0) is 31.2 Å². The van der Waals surface area contributed by atoms with Crippen LogP contribution in [-0.2, 0) is 6.54 Å². The van der Waals surface area contributed by atoms with Crippen LogP contribution >= 0.6 is 0 Å². The molecule has 0 spiro atoms. The van der Waals surface area contributed by atoms with E-state index in [2.05, 4.69) is 20.2 Å². The molecule has 3 rings (SSSR count). The molecule has 2 fully saturated rings. The molecular formula is C15H24N4. The number of nitrogens with zero attached hydrogens (tertiary/aromatic N) is 3. The predicted molar refractivity (Wildman–Crippen MR) is 76.9 cm³/mol. The molecule has 2 aliphatic rings. The summed E-state index contributed by atoms with van der Waals surface area (Å²) < 4.78 is 0. The number of hydrogen-bond donors (Lipinski definition) is 1. The van der Waals surface area contributed by atoms with Gasteiger partial charge in [0.1, 0.15) is 5.82 Å². The third-order valence-corrected chi connectivity index (χ3v) is 4.72. The quantitative estimate of drug-likeness (QED) is 0.906. The topological polar surface area (TPSA) is 41.1 Å². The minimum Gasteiger partial charge on any atom is -0.372 e. The van der Waals surface area contributed by atoms with Gasteiger partial charge in [-0.15, -0.1) is 0 Å². The van der Waals surface area contributed by atoms with Crippen LogP contribution in [0.5, 0.6) is 0 Å². The summed E-state index contributed by atoms with van der Waals surface area (Å²) in [6.07, 6.45) is 10.9. The first-order valence-corrected chi connectivity index (χ1v) is 7.56. The molecule has 104 valence electrons. The molecule has 1 saturated carbocycles. The summed E-state index contributed by atoms with van der Waals surface area (Å²) in [5.41, 5.74) is 1.09. The van der Waals surface area contributed by atoms with E-state index in [1.165, 1.54) is 45.2 Å². The van der Waals surface area contributed by atoms with E-state index in [0.717, 1.165) is 29.9 Å². The number of anilines is 1. The summed E-state index contributed by atoms with van der Waals surface area (Å²) in [5, 5.41) is 3.01. The summed E-state index contributed by atoms with van der Waals surface area (Å²) in [7, 11) is 1.87. The molecule has 19 heavy (non-hydrogen) atoms. The van der Waals surface area contributed by atoms with Crippen molar-refractivity contribution >= 4 is 5.82 Å². The minimum absolute atomic E-state index is 0.842. The summed E-state index contributed by atoms with van der Waals surface area (Å²) in [6.45, 7) is 3.46. The lowest BCUT2D eigenvalue weighted by atomic mass is 9.75. The number of piperidine rings is 1. The van der Waals surface area contributed by atoms with Gasteiger partial charge in [-0.25, -0.2) is 4.98 Å². The number of fused-ring (bicyclic) bond motifs is 1. The lowest BCUT2D eigenvalue weighted by Gasteiger charge is -2.41. The molecule has 1 aliphatic carbocycles. The van der Waals surface area contributed by atoms with Gasteiger partial charge < -0.3 is 5.32 Å². The van der Waals surface area contributed by atoms with E-state index in [0.29, 0.717) is 0 Å². The Hall–Kier alpha value is -1.16. The van der Waals surface area contributed by atoms with Crippen molar-refractivity contribution in [2.45, 2.75) is 38.6 Å². The van der Waals surface area contributed by atoms with Gasteiger partial charge in [0.25, 0.3) is 0 Å². The fourth-order valence-electron chi connectivity index (χ4n) is 3.61. The van der Waals surface area contributed by atoms with Crippen LogP contribution in [0.25, 0.3) is 0 Å². The maximum atomic E-state index is 4.48. The molecule has 1 aliphatic heterocycles. The molecule has 0 amide bonds. The predicted octanol–water partition coefficient (Wildman–Crippen LogP) is 2.53. The molecular weight excluding hydrogens is 236 g/mol. The van der Waals surface area contributed by atoms with Gasteiger partial charge in [0.05, 0.1) is 18.1 Å².